The van der Waals surface area contributed by atoms with Crippen LogP contribution < -0.4 is 11.1 Å². The van der Waals surface area contributed by atoms with E-state index in [1.807, 2.05) is 18.2 Å². The van der Waals surface area contributed by atoms with Crippen LogP contribution in [0.25, 0.3) is 11.3 Å². The summed E-state index contributed by atoms with van der Waals surface area (Å²) in [5, 5.41) is 4.55. The minimum absolute atomic E-state index is 0.0400. The molecule has 8 heteroatoms. The highest BCUT2D eigenvalue weighted by Crippen LogP contribution is 2.24. The number of benzene rings is 2. The molecule has 0 saturated heterocycles. The highest BCUT2D eigenvalue weighted by molar-refractivity contribution is 6.43. The van der Waals surface area contributed by atoms with E-state index < -0.39 is 11.6 Å². The number of aromatic amines is 1. The third-order valence-electron chi connectivity index (χ3n) is 3.41. The summed E-state index contributed by atoms with van der Waals surface area (Å²) < 4.78 is 0. The van der Waals surface area contributed by atoms with Crippen LogP contribution in [-0.4, -0.2) is 22.1 Å². The lowest BCUT2D eigenvalue weighted by atomic mass is 10.1. The van der Waals surface area contributed by atoms with Gasteiger partial charge in [0.2, 0.25) is 0 Å². The Morgan fingerprint density at radius 3 is 2.65 bits per heavy atom. The van der Waals surface area contributed by atoms with Gasteiger partial charge < -0.3 is 4.98 Å². The number of H-pyrrole nitrogens is 1. The minimum atomic E-state index is -0.627. The molecule has 2 N–H and O–H groups in total. The van der Waals surface area contributed by atoms with Crippen LogP contribution in [0.1, 0.15) is 16.1 Å². The lowest BCUT2D eigenvalue weighted by Crippen LogP contribution is -2.24. The molecule has 0 spiro atoms. The molecule has 0 saturated carbocycles. The van der Waals surface area contributed by atoms with E-state index in [1.54, 1.807) is 30.3 Å². The summed E-state index contributed by atoms with van der Waals surface area (Å²) in [5.74, 6) is -0.587. The molecule has 0 atom stereocenters. The molecule has 26 heavy (non-hydrogen) atoms. The number of nitrogens with one attached hydrogen (secondary N) is 2. The predicted molar refractivity (Wildman–Crippen MR) is 102 cm³/mol. The van der Waals surface area contributed by atoms with Crippen LogP contribution >= 0.6 is 23.2 Å². The minimum Gasteiger partial charge on any atom is -0.301 e. The molecule has 130 valence electrons. The van der Waals surface area contributed by atoms with Crippen molar-refractivity contribution in [3.8, 4) is 11.3 Å². The Hall–Kier alpha value is -2.96. The van der Waals surface area contributed by atoms with E-state index in [0.717, 1.165) is 5.56 Å². The molecular formula is C18H12Cl2N4O2. The number of hydrazone groups is 1. The van der Waals surface area contributed by atoms with E-state index >= 15 is 0 Å². The Bertz CT molecular complexity index is 1030. The topological polar surface area (TPSA) is 87.2 Å². The fourth-order valence-corrected chi connectivity index (χ4v) is 2.53. The Balaban J connectivity index is 1.80. The zero-order valence-electron chi connectivity index (χ0n) is 13.2. The van der Waals surface area contributed by atoms with Crippen LogP contribution in [0.3, 0.4) is 0 Å². The Labute approximate surface area is 158 Å². The van der Waals surface area contributed by atoms with E-state index in [-0.39, 0.29) is 5.69 Å². The summed E-state index contributed by atoms with van der Waals surface area (Å²) in [7, 11) is 0. The highest BCUT2D eigenvalue weighted by Gasteiger charge is 2.10. The summed E-state index contributed by atoms with van der Waals surface area (Å²) in [6, 6.07) is 15.6. The van der Waals surface area contributed by atoms with E-state index in [9.17, 15) is 9.59 Å². The summed E-state index contributed by atoms with van der Waals surface area (Å²) >= 11 is 12.0. The molecule has 0 aliphatic carbocycles. The highest BCUT2D eigenvalue weighted by atomic mass is 35.5. The molecule has 3 rings (SSSR count). The Morgan fingerprint density at radius 2 is 1.88 bits per heavy atom. The van der Waals surface area contributed by atoms with Crippen LogP contribution in [0.5, 0.6) is 0 Å². The van der Waals surface area contributed by atoms with Crippen LogP contribution in [0.2, 0.25) is 10.0 Å². The lowest BCUT2D eigenvalue weighted by Gasteiger charge is -2.04. The second-order valence-electron chi connectivity index (χ2n) is 5.19. The first-order valence-electron chi connectivity index (χ1n) is 7.49. The SMILES string of the molecule is O=C(N/N=C/c1cccc(Cl)c1Cl)c1cc(-c2ccccc2)nc(=O)[nH]1. The van der Waals surface area contributed by atoms with Crippen molar-refractivity contribution in [2.24, 2.45) is 5.10 Å². The van der Waals surface area contributed by atoms with Crippen LogP contribution in [0.4, 0.5) is 0 Å². The Morgan fingerprint density at radius 1 is 1.12 bits per heavy atom. The average Bonchev–Trinajstić information content (AvgIpc) is 2.65. The smallest absolute Gasteiger partial charge is 0.301 e. The molecule has 2 aromatic carbocycles. The molecule has 3 aromatic rings. The summed E-state index contributed by atoms with van der Waals surface area (Å²) in [6.45, 7) is 0. The first-order valence-corrected chi connectivity index (χ1v) is 8.24. The molecule has 0 aliphatic rings. The van der Waals surface area contributed by atoms with Gasteiger partial charge >= 0.3 is 5.69 Å². The van der Waals surface area contributed by atoms with Crippen molar-refractivity contribution in [3.05, 3.63) is 86.4 Å². The standard InChI is InChI=1S/C18H12Cl2N4O2/c19-13-8-4-7-12(16(13)20)10-21-24-17(25)15-9-14(22-18(26)23-15)11-5-2-1-3-6-11/h1-10H,(H,24,25)(H,22,23,26)/b21-10+. The molecule has 0 bridgehead atoms. The molecule has 0 unspecified atom stereocenters. The first kappa shape index (κ1) is 17.8. The van der Waals surface area contributed by atoms with Gasteiger partial charge in [-0.15, -0.1) is 0 Å². The van der Waals surface area contributed by atoms with E-state index in [2.05, 4.69) is 20.5 Å². The molecule has 1 heterocycles. The average molecular weight is 387 g/mol. The van der Waals surface area contributed by atoms with Gasteiger partial charge in [0.05, 0.1) is 22.0 Å². The van der Waals surface area contributed by atoms with Crippen molar-refractivity contribution >= 4 is 35.3 Å². The first-order chi connectivity index (χ1) is 12.5. The third-order valence-corrected chi connectivity index (χ3v) is 4.24. The molecular weight excluding hydrogens is 375 g/mol. The van der Waals surface area contributed by atoms with Gasteiger partial charge in [-0.25, -0.2) is 10.2 Å². The number of carbonyl (C=O) groups is 1. The van der Waals surface area contributed by atoms with Gasteiger partial charge in [-0.05, 0) is 12.1 Å². The van der Waals surface area contributed by atoms with Crippen molar-refractivity contribution in [1.29, 1.82) is 0 Å². The molecule has 6 nitrogen and oxygen atoms in total. The van der Waals surface area contributed by atoms with Gasteiger partial charge in [-0.3, -0.25) is 4.79 Å². The third kappa shape index (κ3) is 4.17. The molecule has 0 aliphatic heterocycles. The number of hydrogen-bond donors (Lipinski definition) is 2. The van der Waals surface area contributed by atoms with Crippen molar-refractivity contribution < 1.29 is 4.79 Å². The largest absolute Gasteiger partial charge is 0.346 e. The number of aromatic nitrogens is 2. The predicted octanol–water partition coefficient (Wildman–Crippen LogP) is 3.51. The van der Waals surface area contributed by atoms with Gasteiger partial charge in [0, 0.05) is 11.1 Å². The van der Waals surface area contributed by atoms with Crippen molar-refractivity contribution in [2.45, 2.75) is 0 Å². The molecule has 0 radical (unpaired) electrons. The van der Waals surface area contributed by atoms with Crippen molar-refractivity contribution in [2.75, 3.05) is 0 Å². The fraction of sp³-hybridized carbons (Fsp3) is 0. The summed E-state index contributed by atoms with van der Waals surface area (Å²) in [6.07, 6.45) is 1.36. The molecule has 1 amide bonds. The van der Waals surface area contributed by atoms with E-state index in [1.165, 1.54) is 12.3 Å². The van der Waals surface area contributed by atoms with Crippen LogP contribution in [0.15, 0.2) is 64.5 Å². The maximum Gasteiger partial charge on any atom is 0.346 e. The molecule has 0 fully saturated rings. The summed E-state index contributed by atoms with van der Waals surface area (Å²) in [5.41, 5.74) is 3.41. The van der Waals surface area contributed by atoms with Gasteiger partial charge in [0.15, 0.2) is 0 Å². The van der Waals surface area contributed by atoms with Gasteiger partial charge in [-0.1, -0.05) is 65.7 Å². The van der Waals surface area contributed by atoms with Gasteiger partial charge in [-0.2, -0.15) is 10.1 Å². The number of amides is 1. The monoisotopic (exact) mass is 386 g/mol. The number of hydrogen-bond acceptors (Lipinski definition) is 4. The zero-order valence-corrected chi connectivity index (χ0v) is 14.8. The van der Waals surface area contributed by atoms with Crippen molar-refractivity contribution in [1.82, 2.24) is 15.4 Å². The number of rotatable bonds is 4. The van der Waals surface area contributed by atoms with Crippen LogP contribution in [0, 0.1) is 0 Å². The number of nitrogens with zero attached hydrogens (tertiary/aromatic N) is 2. The maximum atomic E-state index is 12.2. The number of halogens is 2. The van der Waals surface area contributed by atoms with Gasteiger partial charge in [0.25, 0.3) is 5.91 Å². The van der Waals surface area contributed by atoms with Crippen LogP contribution in [-0.2, 0) is 0 Å². The Kier molecular flexibility index (Phi) is 5.46. The van der Waals surface area contributed by atoms with E-state index in [0.29, 0.717) is 21.3 Å². The maximum absolute atomic E-state index is 12.2. The normalized spacial score (nSPS) is 10.8. The second-order valence-corrected chi connectivity index (χ2v) is 5.98. The zero-order chi connectivity index (χ0) is 18.5. The second kappa shape index (κ2) is 7.95. The number of carbonyl (C=O) groups excluding carboxylic acids is 1. The van der Waals surface area contributed by atoms with Crippen molar-refractivity contribution in [3.63, 3.8) is 0 Å². The fourth-order valence-electron chi connectivity index (χ4n) is 2.18. The quantitative estimate of drug-likeness (QED) is 0.531. The summed E-state index contributed by atoms with van der Waals surface area (Å²) in [4.78, 5) is 30.3. The molecule has 1 aromatic heterocycles. The lowest BCUT2D eigenvalue weighted by molar-refractivity contribution is 0.0949. The van der Waals surface area contributed by atoms with E-state index in [4.69, 9.17) is 23.2 Å². The van der Waals surface area contributed by atoms with Gasteiger partial charge in [0.1, 0.15) is 5.69 Å².